The molecule has 1 fully saturated rings. The number of hydrogen-bond donors (Lipinski definition) is 1. The number of aliphatic imine (C=N–C) groups is 2. The average molecular weight is 296 g/mol. The van der Waals surface area contributed by atoms with Gasteiger partial charge in [0.05, 0.1) is 29.8 Å². The lowest BCUT2D eigenvalue weighted by Crippen LogP contribution is -2.26. The van der Waals surface area contributed by atoms with Crippen LogP contribution in [0.4, 0.5) is 4.39 Å². The second kappa shape index (κ2) is 5.18. The van der Waals surface area contributed by atoms with Crippen LogP contribution in [-0.4, -0.2) is 37.1 Å². The molecule has 2 heterocycles. The summed E-state index contributed by atoms with van der Waals surface area (Å²) in [6, 6.07) is 7.14. The van der Waals surface area contributed by atoms with E-state index in [1.54, 1.807) is 24.6 Å². The highest BCUT2D eigenvalue weighted by atomic mass is 19.1. The highest BCUT2D eigenvalue weighted by Crippen LogP contribution is 2.39. The molecular weight excluding hydrogens is 279 g/mol. The van der Waals surface area contributed by atoms with Gasteiger partial charge in [-0.3, -0.25) is 15.3 Å². The molecule has 5 heteroatoms. The van der Waals surface area contributed by atoms with Crippen LogP contribution in [0.3, 0.4) is 0 Å². The number of fused-ring (bicyclic) bond motifs is 2. The van der Waals surface area contributed by atoms with E-state index in [0.717, 1.165) is 30.8 Å². The normalized spacial score (nSPS) is 23.7. The predicted octanol–water partition coefficient (Wildman–Crippen LogP) is 2.56. The standard InChI is InChI=1S/C17H17FN4/c1-22-10-21-14-7-6-12-15(11-4-2-3-5-13(11)18)19-8-9-20-16(12)17(14)22/h2-5,8-9,14,21H,6-7,10H2,1H3. The first-order valence-corrected chi connectivity index (χ1v) is 7.49. The van der Waals surface area contributed by atoms with Crippen molar-refractivity contribution in [3.63, 3.8) is 0 Å². The van der Waals surface area contributed by atoms with Crippen LogP contribution < -0.4 is 5.32 Å². The molecular formula is C17H17FN4. The molecule has 0 saturated carbocycles. The maximum Gasteiger partial charge on any atom is 0.132 e. The number of likely N-dealkylation sites (N-methyl/N-ethyl adjacent to an activating group) is 1. The van der Waals surface area contributed by atoms with Crippen LogP contribution in [0.2, 0.25) is 0 Å². The van der Waals surface area contributed by atoms with Crippen molar-refractivity contribution >= 4 is 18.1 Å². The quantitative estimate of drug-likeness (QED) is 0.865. The van der Waals surface area contributed by atoms with Gasteiger partial charge in [0, 0.05) is 30.6 Å². The molecule has 22 heavy (non-hydrogen) atoms. The van der Waals surface area contributed by atoms with Gasteiger partial charge in [-0.1, -0.05) is 12.1 Å². The lowest BCUT2D eigenvalue weighted by atomic mass is 9.89. The van der Waals surface area contributed by atoms with Crippen LogP contribution in [-0.2, 0) is 0 Å². The number of benzene rings is 1. The van der Waals surface area contributed by atoms with Crippen LogP contribution in [0, 0.1) is 5.82 Å². The van der Waals surface area contributed by atoms with Gasteiger partial charge in [-0.25, -0.2) is 4.39 Å². The van der Waals surface area contributed by atoms with E-state index in [-0.39, 0.29) is 5.82 Å². The Morgan fingerprint density at radius 1 is 1.18 bits per heavy atom. The molecule has 4 nitrogen and oxygen atoms in total. The second-order valence-corrected chi connectivity index (χ2v) is 5.75. The van der Waals surface area contributed by atoms with E-state index < -0.39 is 0 Å². The number of nitrogens with one attached hydrogen (secondary N) is 1. The minimum Gasteiger partial charge on any atom is -0.362 e. The first kappa shape index (κ1) is 13.4. The van der Waals surface area contributed by atoms with Crippen molar-refractivity contribution < 1.29 is 4.39 Å². The van der Waals surface area contributed by atoms with Crippen LogP contribution in [0.25, 0.3) is 5.70 Å². The van der Waals surface area contributed by atoms with Gasteiger partial charge in [-0.2, -0.15) is 0 Å². The maximum absolute atomic E-state index is 14.2. The highest BCUT2D eigenvalue weighted by Gasteiger charge is 2.34. The molecule has 0 aromatic heterocycles. The SMILES string of the molecule is CN1CNC2CCC3=C(c4ccccc4F)N=CC=NC3=C21. The van der Waals surface area contributed by atoms with E-state index in [1.165, 1.54) is 11.8 Å². The molecule has 2 aliphatic heterocycles. The molecule has 112 valence electrons. The third-order valence-electron chi connectivity index (χ3n) is 4.42. The smallest absolute Gasteiger partial charge is 0.132 e. The minimum absolute atomic E-state index is 0.242. The largest absolute Gasteiger partial charge is 0.362 e. The van der Waals surface area contributed by atoms with Crippen LogP contribution >= 0.6 is 0 Å². The Bertz CT molecular complexity index is 745. The van der Waals surface area contributed by atoms with Gasteiger partial charge in [0.25, 0.3) is 0 Å². The summed E-state index contributed by atoms with van der Waals surface area (Å²) in [5, 5.41) is 3.48. The van der Waals surface area contributed by atoms with Gasteiger partial charge in [0.2, 0.25) is 0 Å². The van der Waals surface area contributed by atoms with Crippen LogP contribution in [0.5, 0.6) is 0 Å². The Balaban J connectivity index is 1.95. The van der Waals surface area contributed by atoms with Crippen molar-refractivity contribution in [3.8, 4) is 0 Å². The number of hydrogen-bond acceptors (Lipinski definition) is 4. The van der Waals surface area contributed by atoms with E-state index in [0.29, 0.717) is 17.3 Å². The first-order valence-electron chi connectivity index (χ1n) is 7.49. The topological polar surface area (TPSA) is 40.0 Å². The van der Waals surface area contributed by atoms with Gasteiger partial charge in [-0.05, 0) is 25.0 Å². The minimum atomic E-state index is -0.242. The molecule has 0 radical (unpaired) electrons. The molecule has 1 atom stereocenters. The first-order chi connectivity index (χ1) is 10.8. The fourth-order valence-electron chi connectivity index (χ4n) is 3.39. The van der Waals surface area contributed by atoms with Crippen LogP contribution in [0.1, 0.15) is 18.4 Å². The third-order valence-corrected chi connectivity index (χ3v) is 4.42. The fraction of sp³-hybridized carbons (Fsp3) is 0.294. The summed E-state index contributed by atoms with van der Waals surface area (Å²) in [5.74, 6) is -0.242. The van der Waals surface area contributed by atoms with Crippen molar-refractivity contribution in [2.24, 2.45) is 9.98 Å². The Kier molecular flexibility index (Phi) is 3.15. The number of halogens is 1. The summed E-state index contributed by atoms with van der Waals surface area (Å²) >= 11 is 0. The highest BCUT2D eigenvalue weighted by molar-refractivity contribution is 6.18. The molecule has 1 unspecified atom stereocenters. The summed E-state index contributed by atoms with van der Waals surface area (Å²) in [5.41, 5.74) is 4.43. The summed E-state index contributed by atoms with van der Waals surface area (Å²) in [7, 11) is 2.06. The molecule has 0 amide bonds. The van der Waals surface area contributed by atoms with Gasteiger partial charge < -0.3 is 4.90 Å². The van der Waals surface area contributed by atoms with Gasteiger partial charge in [0.1, 0.15) is 5.82 Å². The molecule has 1 N–H and O–H groups in total. The Labute approximate surface area is 128 Å². The zero-order chi connectivity index (χ0) is 15.1. The summed E-state index contributed by atoms with van der Waals surface area (Å²) in [6.07, 6.45) is 5.19. The monoisotopic (exact) mass is 296 g/mol. The van der Waals surface area contributed by atoms with E-state index in [2.05, 4.69) is 27.2 Å². The summed E-state index contributed by atoms with van der Waals surface area (Å²) in [4.78, 5) is 11.2. The maximum atomic E-state index is 14.2. The number of allylic oxidation sites excluding steroid dienone is 1. The van der Waals surface area contributed by atoms with Gasteiger partial charge >= 0.3 is 0 Å². The summed E-state index contributed by atoms with van der Waals surface area (Å²) < 4.78 is 14.2. The lowest BCUT2D eigenvalue weighted by Gasteiger charge is -2.26. The van der Waals surface area contributed by atoms with Gasteiger partial charge in [0.15, 0.2) is 0 Å². The molecule has 4 rings (SSSR count). The Morgan fingerprint density at radius 2 is 1.95 bits per heavy atom. The zero-order valence-corrected chi connectivity index (χ0v) is 12.4. The van der Waals surface area contributed by atoms with Crippen LogP contribution in [0.15, 0.2) is 51.2 Å². The molecule has 1 aliphatic carbocycles. The number of rotatable bonds is 1. The van der Waals surface area contributed by atoms with E-state index in [9.17, 15) is 4.39 Å². The Hall–Kier alpha value is -2.27. The third kappa shape index (κ3) is 2.01. The Morgan fingerprint density at radius 3 is 2.77 bits per heavy atom. The van der Waals surface area contributed by atoms with Crippen molar-refractivity contribution in [2.45, 2.75) is 18.9 Å². The van der Waals surface area contributed by atoms with E-state index in [1.807, 2.05) is 6.07 Å². The zero-order valence-electron chi connectivity index (χ0n) is 12.4. The lowest BCUT2D eigenvalue weighted by molar-refractivity contribution is 0.461. The molecule has 0 bridgehead atoms. The number of nitrogens with zero attached hydrogens (tertiary/aromatic N) is 3. The molecule has 1 aromatic rings. The molecule has 3 aliphatic rings. The predicted molar refractivity (Wildman–Crippen MR) is 86.1 cm³/mol. The van der Waals surface area contributed by atoms with E-state index in [4.69, 9.17) is 0 Å². The van der Waals surface area contributed by atoms with Crippen molar-refractivity contribution in [1.29, 1.82) is 0 Å². The van der Waals surface area contributed by atoms with Crippen molar-refractivity contribution in [1.82, 2.24) is 10.2 Å². The van der Waals surface area contributed by atoms with Crippen molar-refractivity contribution in [2.75, 3.05) is 13.7 Å². The summed E-state index contributed by atoms with van der Waals surface area (Å²) in [6.45, 7) is 0.822. The van der Waals surface area contributed by atoms with E-state index >= 15 is 0 Å². The molecule has 1 saturated heterocycles. The van der Waals surface area contributed by atoms with Crippen molar-refractivity contribution in [3.05, 3.63) is 52.6 Å². The average Bonchev–Trinajstić information content (AvgIpc) is 2.78. The molecule has 0 spiro atoms. The molecule has 1 aromatic carbocycles. The van der Waals surface area contributed by atoms with Gasteiger partial charge in [-0.15, -0.1) is 0 Å². The second-order valence-electron chi connectivity index (χ2n) is 5.75. The fourth-order valence-corrected chi connectivity index (χ4v) is 3.39.